The van der Waals surface area contributed by atoms with Crippen LogP contribution in [0.3, 0.4) is 0 Å². The van der Waals surface area contributed by atoms with Gasteiger partial charge in [0.1, 0.15) is 0 Å². The SMILES string of the molecule is CC(C)=C(C)CCC(C)C1CCC2C3CCC4C(C)C(O)CCC4(C)C3CCC12C. The summed E-state index contributed by atoms with van der Waals surface area (Å²) in [5, 5.41) is 10.5. The third-order valence-electron chi connectivity index (χ3n) is 11.8. The molecule has 30 heavy (non-hydrogen) atoms. The predicted molar refractivity (Wildman–Crippen MR) is 128 cm³/mol. The van der Waals surface area contributed by atoms with E-state index in [4.69, 9.17) is 0 Å². The van der Waals surface area contributed by atoms with Gasteiger partial charge in [0.25, 0.3) is 0 Å². The van der Waals surface area contributed by atoms with Crippen molar-refractivity contribution in [2.75, 3.05) is 0 Å². The van der Waals surface area contributed by atoms with Crippen molar-refractivity contribution in [2.45, 2.75) is 119 Å². The van der Waals surface area contributed by atoms with E-state index in [1.54, 1.807) is 5.57 Å². The molecular weight excluding hydrogens is 364 g/mol. The number of rotatable bonds is 4. The zero-order valence-electron chi connectivity index (χ0n) is 21.1. The molecule has 4 rings (SSSR count). The first-order chi connectivity index (χ1) is 14.1. The van der Waals surface area contributed by atoms with Crippen LogP contribution < -0.4 is 0 Å². The van der Waals surface area contributed by atoms with Crippen molar-refractivity contribution in [1.29, 1.82) is 0 Å². The Balaban J connectivity index is 1.49. The average molecular weight is 415 g/mol. The van der Waals surface area contributed by atoms with Crippen LogP contribution in [0.5, 0.6) is 0 Å². The molecule has 172 valence electrons. The van der Waals surface area contributed by atoms with E-state index in [0.717, 1.165) is 41.9 Å². The van der Waals surface area contributed by atoms with Crippen molar-refractivity contribution in [1.82, 2.24) is 0 Å². The number of fused-ring (bicyclic) bond motifs is 5. The highest BCUT2D eigenvalue weighted by Gasteiger charge is 2.61. The zero-order valence-corrected chi connectivity index (χ0v) is 21.1. The van der Waals surface area contributed by atoms with Crippen LogP contribution in [0.15, 0.2) is 11.1 Å². The molecule has 0 bridgehead atoms. The summed E-state index contributed by atoms with van der Waals surface area (Å²) in [5.74, 6) is 5.92. The van der Waals surface area contributed by atoms with E-state index in [1.807, 2.05) is 0 Å². The van der Waals surface area contributed by atoms with Gasteiger partial charge in [0, 0.05) is 0 Å². The van der Waals surface area contributed by atoms with E-state index in [1.165, 1.54) is 63.4 Å². The predicted octanol–water partition coefficient (Wildman–Crippen LogP) is 8.02. The lowest BCUT2D eigenvalue weighted by molar-refractivity contribution is -0.149. The Morgan fingerprint density at radius 3 is 2.20 bits per heavy atom. The summed E-state index contributed by atoms with van der Waals surface area (Å²) in [7, 11) is 0. The zero-order chi connectivity index (χ0) is 21.8. The number of aliphatic hydroxyl groups is 1. The third kappa shape index (κ3) is 3.54. The largest absolute Gasteiger partial charge is 0.393 e. The number of hydrogen-bond donors (Lipinski definition) is 1. The van der Waals surface area contributed by atoms with Crippen LogP contribution in [-0.4, -0.2) is 11.2 Å². The van der Waals surface area contributed by atoms with E-state index in [9.17, 15) is 5.11 Å². The first-order valence-corrected chi connectivity index (χ1v) is 13.4. The Bertz CT molecular complexity index is 659. The maximum atomic E-state index is 10.5. The average Bonchev–Trinajstić information content (AvgIpc) is 3.06. The van der Waals surface area contributed by atoms with Gasteiger partial charge in [-0.25, -0.2) is 0 Å². The Morgan fingerprint density at radius 1 is 0.867 bits per heavy atom. The number of allylic oxidation sites excluding steroid dienone is 2. The van der Waals surface area contributed by atoms with Crippen molar-refractivity contribution in [3.8, 4) is 0 Å². The molecule has 10 unspecified atom stereocenters. The fourth-order valence-electron chi connectivity index (χ4n) is 9.58. The van der Waals surface area contributed by atoms with Gasteiger partial charge in [-0.05, 0) is 137 Å². The summed E-state index contributed by atoms with van der Waals surface area (Å²) in [4.78, 5) is 0. The Labute approximate surface area is 187 Å². The summed E-state index contributed by atoms with van der Waals surface area (Å²) in [6, 6.07) is 0. The molecule has 0 aliphatic heterocycles. The maximum Gasteiger partial charge on any atom is 0.0568 e. The van der Waals surface area contributed by atoms with Crippen molar-refractivity contribution in [3.63, 3.8) is 0 Å². The highest BCUT2D eigenvalue weighted by atomic mass is 16.3. The van der Waals surface area contributed by atoms with Crippen LogP contribution in [0.4, 0.5) is 0 Å². The topological polar surface area (TPSA) is 20.2 Å². The van der Waals surface area contributed by atoms with Gasteiger partial charge in [0.15, 0.2) is 0 Å². The molecule has 4 aliphatic rings. The standard InChI is InChI=1S/C29H50O/c1-18(2)19(3)8-9-20(4)23-12-13-25-22-10-11-24-21(5)27(30)15-17-29(24,7)26(22)14-16-28(23,25)6/h20-27,30H,8-17H2,1-7H3. The van der Waals surface area contributed by atoms with Crippen molar-refractivity contribution >= 4 is 0 Å². The normalized spacial score (nSPS) is 49.0. The number of aliphatic hydroxyl groups excluding tert-OH is 1. The second kappa shape index (κ2) is 8.24. The lowest BCUT2D eigenvalue weighted by Gasteiger charge is -2.62. The van der Waals surface area contributed by atoms with Crippen LogP contribution in [0.1, 0.15) is 113 Å². The second-order valence-electron chi connectivity index (χ2n) is 13.1. The molecule has 0 aromatic heterocycles. The summed E-state index contributed by atoms with van der Waals surface area (Å²) in [6.07, 6.45) is 13.7. The molecule has 0 heterocycles. The van der Waals surface area contributed by atoms with Gasteiger partial charge in [0.2, 0.25) is 0 Å². The van der Waals surface area contributed by atoms with Crippen molar-refractivity contribution in [3.05, 3.63) is 11.1 Å². The molecule has 1 N–H and O–H groups in total. The fraction of sp³-hybridized carbons (Fsp3) is 0.931. The van der Waals surface area contributed by atoms with Crippen LogP contribution in [0, 0.1) is 52.3 Å². The Kier molecular flexibility index (Phi) is 6.28. The molecular formula is C29H50O. The van der Waals surface area contributed by atoms with Crippen LogP contribution in [0.25, 0.3) is 0 Å². The first kappa shape index (κ1) is 22.9. The molecule has 1 heteroatoms. The first-order valence-electron chi connectivity index (χ1n) is 13.4. The summed E-state index contributed by atoms with van der Waals surface area (Å²) in [5.41, 5.74) is 4.22. The molecule has 10 atom stereocenters. The summed E-state index contributed by atoms with van der Waals surface area (Å²) in [6.45, 7) is 17.2. The van der Waals surface area contributed by atoms with Crippen molar-refractivity contribution in [2.24, 2.45) is 52.3 Å². The smallest absolute Gasteiger partial charge is 0.0568 e. The fourth-order valence-corrected chi connectivity index (χ4v) is 9.58. The summed E-state index contributed by atoms with van der Waals surface area (Å²) < 4.78 is 0. The van der Waals surface area contributed by atoms with Crippen LogP contribution >= 0.6 is 0 Å². The minimum atomic E-state index is -0.0468. The van der Waals surface area contributed by atoms with Gasteiger partial charge in [-0.1, -0.05) is 38.8 Å². The molecule has 0 radical (unpaired) electrons. The lowest BCUT2D eigenvalue weighted by Crippen LogP contribution is -2.56. The van der Waals surface area contributed by atoms with Crippen LogP contribution in [-0.2, 0) is 0 Å². The molecule has 0 saturated heterocycles. The minimum absolute atomic E-state index is 0.0468. The van der Waals surface area contributed by atoms with E-state index in [-0.39, 0.29) is 6.10 Å². The van der Waals surface area contributed by atoms with E-state index in [2.05, 4.69) is 48.5 Å². The van der Waals surface area contributed by atoms with E-state index < -0.39 is 0 Å². The monoisotopic (exact) mass is 414 g/mol. The second-order valence-corrected chi connectivity index (χ2v) is 13.1. The van der Waals surface area contributed by atoms with Gasteiger partial charge < -0.3 is 5.11 Å². The minimum Gasteiger partial charge on any atom is -0.393 e. The van der Waals surface area contributed by atoms with E-state index >= 15 is 0 Å². The highest BCUT2D eigenvalue weighted by Crippen LogP contribution is 2.68. The third-order valence-corrected chi connectivity index (χ3v) is 11.8. The quantitative estimate of drug-likeness (QED) is 0.462. The molecule has 0 amide bonds. The lowest BCUT2D eigenvalue weighted by atomic mass is 9.43. The van der Waals surface area contributed by atoms with Crippen molar-refractivity contribution < 1.29 is 5.11 Å². The van der Waals surface area contributed by atoms with E-state index in [0.29, 0.717) is 16.7 Å². The Morgan fingerprint density at radius 2 is 1.50 bits per heavy atom. The molecule has 4 aliphatic carbocycles. The highest BCUT2D eigenvalue weighted by molar-refractivity contribution is 5.11. The van der Waals surface area contributed by atoms with Gasteiger partial charge in [0.05, 0.1) is 6.10 Å². The maximum absolute atomic E-state index is 10.5. The molecule has 4 saturated carbocycles. The van der Waals surface area contributed by atoms with Gasteiger partial charge >= 0.3 is 0 Å². The van der Waals surface area contributed by atoms with Crippen LogP contribution in [0.2, 0.25) is 0 Å². The molecule has 0 aromatic rings. The molecule has 1 nitrogen and oxygen atoms in total. The van der Waals surface area contributed by atoms with Gasteiger partial charge in [-0.3, -0.25) is 0 Å². The molecule has 0 spiro atoms. The summed E-state index contributed by atoms with van der Waals surface area (Å²) >= 11 is 0. The molecule has 0 aromatic carbocycles. The van der Waals surface area contributed by atoms with Gasteiger partial charge in [-0.2, -0.15) is 0 Å². The number of hydrogen-bond acceptors (Lipinski definition) is 1. The van der Waals surface area contributed by atoms with Gasteiger partial charge in [-0.15, -0.1) is 0 Å². The Hall–Kier alpha value is -0.300. The molecule has 4 fully saturated rings.